The van der Waals surface area contributed by atoms with Crippen molar-refractivity contribution in [3.05, 3.63) is 28.8 Å². The number of piperidine rings is 1. The number of hydrogen-bond donors (Lipinski definition) is 2. The molecule has 0 bridgehead atoms. The lowest BCUT2D eigenvalue weighted by atomic mass is 9.97. The van der Waals surface area contributed by atoms with Crippen molar-refractivity contribution >= 4 is 11.6 Å². The summed E-state index contributed by atoms with van der Waals surface area (Å²) in [7, 11) is 0. The Bertz CT molecular complexity index is 321. The fourth-order valence-electron chi connectivity index (χ4n) is 1.93. The molecule has 0 aromatic heterocycles. The van der Waals surface area contributed by atoms with Crippen LogP contribution in [-0.4, -0.2) is 11.7 Å². The van der Waals surface area contributed by atoms with E-state index < -0.39 is 0 Å². The highest BCUT2D eigenvalue weighted by atomic mass is 35.5. The minimum absolute atomic E-state index is 0.293. The van der Waals surface area contributed by atoms with Gasteiger partial charge >= 0.3 is 0 Å². The van der Waals surface area contributed by atoms with E-state index in [1.54, 1.807) is 6.07 Å². The van der Waals surface area contributed by atoms with Crippen LogP contribution in [0.2, 0.25) is 5.02 Å². The van der Waals surface area contributed by atoms with Crippen LogP contribution in [0.1, 0.15) is 30.9 Å². The van der Waals surface area contributed by atoms with Crippen LogP contribution in [0.4, 0.5) is 0 Å². The summed E-state index contributed by atoms with van der Waals surface area (Å²) in [6.45, 7) is 1.03. The van der Waals surface area contributed by atoms with Crippen molar-refractivity contribution < 1.29 is 5.11 Å². The third-order valence-corrected chi connectivity index (χ3v) is 2.91. The number of phenols is 1. The maximum Gasteiger partial charge on any atom is 0.121 e. The Hall–Kier alpha value is -0.730. The minimum atomic E-state index is 0.293. The summed E-state index contributed by atoms with van der Waals surface area (Å²) in [5, 5.41) is 13.7. The molecule has 3 heteroatoms. The van der Waals surface area contributed by atoms with E-state index in [9.17, 15) is 5.11 Å². The van der Waals surface area contributed by atoms with E-state index in [2.05, 4.69) is 5.32 Å². The predicted molar refractivity (Wildman–Crippen MR) is 57.7 cm³/mol. The number of phenolic OH excluding ortho intramolecular Hbond substituents is 1. The highest BCUT2D eigenvalue weighted by Crippen LogP contribution is 2.31. The summed E-state index contributed by atoms with van der Waals surface area (Å²) >= 11 is 5.78. The summed E-state index contributed by atoms with van der Waals surface area (Å²) < 4.78 is 0. The summed E-state index contributed by atoms with van der Waals surface area (Å²) in [6, 6.07) is 5.63. The number of aromatic hydroxyl groups is 1. The zero-order valence-electron chi connectivity index (χ0n) is 7.96. The van der Waals surface area contributed by atoms with Gasteiger partial charge in [0, 0.05) is 16.6 Å². The van der Waals surface area contributed by atoms with Gasteiger partial charge in [-0.2, -0.15) is 0 Å². The average molecular weight is 212 g/mol. The van der Waals surface area contributed by atoms with Crippen LogP contribution in [0.25, 0.3) is 0 Å². The van der Waals surface area contributed by atoms with E-state index in [1.165, 1.54) is 12.8 Å². The number of hydrogen-bond acceptors (Lipinski definition) is 2. The quantitative estimate of drug-likeness (QED) is 0.749. The summed E-state index contributed by atoms with van der Waals surface area (Å²) in [6.07, 6.45) is 3.54. The third-order valence-electron chi connectivity index (χ3n) is 2.68. The van der Waals surface area contributed by atoms with Gasteiger partial charge in [-0.05, 0) is 31.5 Å². The molecule has 2 nitrogen and oxygen atoms in total. The van der Waals surface area contributed by atoms with Crippen LogP contribution < -0.4 is 5.32 Å². The van der Waals surface area contributed by atoms with Crippen LogP contribution in [0.5, 0.6) is 5.75 Å². The van der Waals surface area contributed by atoms with Crippen molar-refractivity contribution in [1.29, 1.82) is 0 Å². The molecule has 76 valence electrons. The van der Waals surface area contributed by atoms with Crippen LogP contribution in [-0.2, 0) is 0 Å². The smallest absolute Gasteiger partial charge is 0.121 e. The fourth-order valence-corrected chi connectivity index (χ4v) is 2.10. The SMILES string of the molecule is Oc1cc(Cl)ccc1C1CCCCN1. The summed E-state index contributed by atoms with van der Waals surface area (Å²) in [4.78, 5) is 0. The van der Waals surface area contributed by atoms with Gasteiger partial charge in [0.2, 0.25) is 0 Å². The highest BCUT2D eigenvalue weighted by Gasteiger charge is 2.17. The first-order chi connectivity index (χ1) is 6.77. The predicted octanol–water partition coefficient (Wildman–Crippen LogP) is 2.86. The van der Waals surface area contributed by atoms with E-state index in [-0.39, 0.29) is 0 Å². The van der Waals surface area contributed by atoms with Gasteiger partial charge in [0.25, 0.3) is 0 Å². The molecule has 0 radical (unpaired) electrons. The molecule has 1 fully saturated rings. The molecule has 1 saturated heterocycles. The van der Waals surface area contributed by atoms with Crippen molar-refractivity contribution in [3.8, 4) is 5.75 Å². The van der Waals surface area contributed by atoms with Gasteiger partial charge in [-0.15, -0.1) is 0 Å². The fraction of sp³-hybridized carbons (Fsp3) is 0.455. The van der Waals surface area contributed by atoms with Crippen molar-refractivity contribution in [2.45, 2.75) is 25.3 Å². The molecule has 0 saturated carbocycles. The second-order valence-corrected chi connectivity index (χ2v) is 4.14. The molecule has 1 unspecified atom stereocenters. The molecule has 1 aliphatic heterocycles. The highest BCUT2D eigenvalue weighted by molar-refractivity contribution is 6.30. The normalized spacial score (nSPS) is 22.2. The molecule has 1 aromatic carbocycles. The standard InChI is InChI=1S/C11H14ClNO/c12-8-4-5-9(11(14)7-8)10-3-1-2-6-13-10/h4-5,7,10,13-14H,1-3,6H2. The Labute approximate surface area is 88.9 Å². The minimum Gasteiger partial charge on any atom is -0.508 e. The van der Waals surface area contributed by atoms with Crippen molar-refractivity contribution in [2.75, 3.05) is 6.54 Å². The molecule has 1 heterocycles. The van der Waals surface area contributed by atoms with Crippen molar-refractivity contribution in [1.82, 2.24) is 5.32 Å². The molecule has 2 rings (SSSR count). The maximum atomic E-state index is 9.72. The first-order valence-corrected chi connectivity index (χ1v) is 5.37. The zero-order chi connectivity index (χ0) is 9.97. The number of nitrogens with one attached hydrogen (secondary N) is 1. The van der Waals surface area contributed by atoms with E-state index in [4.69, 9.17) is 11.6 Å². The lowest BCUT2D eigenvalue weighted by Gasteiger charge is -2.24. The first kappa shape index (κ1) is 9.81. The molecule has 0 amide bonds. The topological polar surface area (TPSA) is 32.3 Å². The van der Waals surface area contributed by atoms with E-state index in [1.807, 2.05) is 12.1 Å². The van der Waals surface area contributed by atoms with E-state index in [0.717, 1.165) is 18.5 Å². The Morgan fingerprint density at radius 3 is 2.86 bits per heavy atom. The first-order valence-electron chi connectivity index (χ1n) is 4.99. The van der Waals surface area contributed by atoms with Gasteiger partial charge in [-0.25, -0.2) is 0 Å². The molecule has 2 N–H and O–H groups in total. The van der Waals surface area contributed by atoms with Crippen molar-refractivity contribution in [3.63, 3.8) is 0 Å². The van der Waals surface area contributed by atoms with Gasteiger partial charge < -0.3 is 10.4 Å². The van der Waals surface area contributed by atoms with Crippen LogP contribution in [0, 0.1) is 0 Å². The van der Waals surface area contributed by atoms with E-state index in [0.29, 0.717) is 16.8 Å². The monoisotopic (exact) mass is 211 g/mol. The van der Waals surface area contributed by atoms with E-state index >= 15 is 0 Å². The molecule has 1 aromatic rings. The molecule has 1 aliphatic rings. The molecule has 14 heavy (non-hydrogen) atoms. The Balaban J connectivity index is 2.22. The van der Waals surface area contributed by atoms with Gasteiger partial charge in [0.05, 0.1) is 0 Å². The molecule has 1 atom stereocenters. The summed E-state index contributed by atoms with van der Waals surface area (Å²) in [5.74, 6) is 0.303. The largest absolute Gasteiger partial charge is 0.508 e. The Morgan fingerprint density at radius 1 is 1.36 bits per heavy atom. The molecular formula is C11H14ClNO. The molecule has 0 aliphatic carbocycles. The molecule has 0 spiro atoms. The summed E-state index contributed by atoms with van der Waals surface area (Å²) in [5.41, 5.74) is 0.967. The van der Waals surface area contributed by atoms with Crippen LogP contribution >= 0.6 is 11.6 Å². The van der Waals surface area contributed by atoms with Gasteiger partial charge in [0.1, 0.15) is 5.75 Å². The number of benzene rings is 1. The molecular weight excluding hydrogens is 198 g/mol. The number of halogens is 1. The number of rotatable bonds is 1. The zero-order valence-corrected chi connectivity index (χ0v) is 8.72. The lowest BCUT2D eigenvalue weighted by Crippen LogP contribution is -2.26. The maximum absolute atomic E-state index is 9.72. The lowest BCUT2D eigenvalue weighted by molar-refractivity contribution is 0.391. The average Bonchev–Trinajstić information content (AvgIpc) is 2.19. The third kappa shape index (κ3) is 2.02. The second-order valence-electron chi connectivity index (χ2n) is 3.71. The van der Waals surface area contributed by atoms with Crippen LogP contribution in [0.15, 0.2) is 18.2 Å². The Morgan fingerprint density at radius 2 is 2.21 bits per heavy atom. The second kappa shape index (κ2) is 4.20. The van der Waals surface area contributed by atoms with Gasteiger partial charge in [-0.1, -0.05) is 24.1 Å². The van der Waals surface area contributed by atoms with Gasteiger partial charge in [-0.3, -0.25) is 0 Å². The Kier molecular flexibility index (Phi) is 2.94. The van der Waals surface area contributed by atoms with Crippen molar-refractivity contribution in [2.24, 2.45) is 0 Å². The van der Waals surface area contributed by atoms with Crippen LogP contribution in [0.3, 0.4) is 0 Å². The van der Waals surface area contributed by atoms with Gasteiger partial charge in [0.15, 0.2) is 0 Å².